The monoisotopic (exact) mass is 326 g/mol. The molecule has 0 saturated carbocycles. The van der Waals surface area contributed by atoms with Crippen LogP contribution in [0.15, 0.2) is 28.7 Å². The van der Waals surface area contributed by atoms with Crippen molar-refractivity contribution in [2.24, 2.45) is 0 Å². The highest BCUT2D eigenvalue weighted by Crippen LogP contribution is 2.11. The van der Waals surface area contributed by atoms with E-state index < -0.39 is 9.05 Å². The van der Waals surface area contributed by atoms with Crippen LogP contribution in [0.5, 0.6) is 0 Å². The minimum Gasteiger partial charge on any atom is -0.377 e. The fourth-order valence-corrected chi connectivity index (χ4v) is 2.16. The van der Waals surface area contributed by atoms with Crippen molar-refractivity contribution in [2.75, 3.05) is 12.4 Å². The van der Waals surface area contributed by atoms with E-state index in [0.29, 0.717) is 19.6 Å². The van der Waals surface area contributed by atoms with Gasteiger partial charge in [0.2, 0.25) is 9.05 Å². The zero-order valence-electron chi connectivity index (χ0n) is 8.53. The Hall–Kier alpha value is -0.100. The molecule has 0 radical (unpaired) electrons. The molecule has 0 atom stereocenters. The van der Waals surface area contributed by atoms with E-state index >= 15 is 0 Å². The summed E-state index contributed by atoms with van der Waals surface area (Å²) in [6.45, 7) is 0.873. The van der Waals surface area contributed by atoms with Crippen molar-refractivity contribution in [3.8, 4) is 0 Å². The first kappa shape index (κ1) is 14.0. The molecule has 0 amide bonds. The van der Waals surface area contributed by atoms with Crippen molar-refractivity contribution in [3.05, 3.63) is 34.3 Å². The van der Waals surface area contributed by atoms with Crippen LogP contribution in [0, 0.1) is 0 Å². The lowest BCUT2D eigenvalue weighted by Gasteiger charge is -2.03. The fourth-order valence-electron chi connectivity index (χ4n) is 1.10. The largest absolute Gasteiger partial charge is 0.377 e. The molecule has 1 aromatic rings. The number of ether oxygens (including phenoxy) is 1. The molecule has 0 aliphatic heterocycles. The SMILES string of the molecule is O=S(=O)(Cl)CCCOCc1ccc(Br)cc1. The topological polar surface area (TPSA) is 43.4 Å². The minimum absolute atomic E-state index is 0.0467. The Morgan fingerprint density at radius 1 is 1.25 bits per heavy atom. The molecule has 0 aliphatic rings. The lowest BCUT2D eigenvalue weighted by molar-refractivity contribution is 0.122. The Bertz CT molecular complexity index is 416. The van der Waals surface area contributed by atoms with Crippen LogP contribution in [-0.4, -0.2) is 20.8 Å². The first-order valence-electron chi connectivity index (χ1n) is 4.72. The number of benzene rings is 1. The summed E-state index contributed by atoms with van der Waals surface area (Å²) in [5, 5.41) is 0. The Morgan fingerprint density at radius 3 is 2.44 bits per heavy atom. The molecule has 0 saturated heterocycles. The van der Waals surface area contributed by atoms with Crippen LogP contribution in [0.25, 0.3) is 0 Å². The highest BCUT2D eigenvalue weighted by Gasteiger charge is 2.03. The summed E-state index contributed by atoms with van der Waals surface area (Å²) >= 11 is 3.34. The van der Waals surface area contributed by atoms with E-state index in [0.717, 1.165) is 10.0 Å². The second kappa shape index (κ2) is 6.59. The first-order chi connectivity index (χ1) is 7.47. The summed E-state index contributed by atoms with van der Waals surface area (Å²) < 4.78 is 27.5. The summed E-state index contributed by atoms with van der Waals surface area (Å²) in [5.41, 5.74) is 1.05. The second-order valence-electron chi connectivity index (χ2n) is 3.28. The second-order valence-corrected chi connectivity index (χ2v) is 7.09. The molecule has 0 N–H and O–H groups in total. The quantitative estimate of drug-likeness (QED) is 0.596. The van der Waals surface area contributed by atoms with Crippen LogP contribution in [0.1, 0.15) is 12.0 Å². The van der Waals surface area contributed by atoms with Gasteiger partial charge in [0.15, 0.2) is 0 Å². The molecule has 3 nitrogen and oxygen atoms in total. The van der Waals surface area contributed by atoms with Gasteiger partial charge in [-0.25, -0.2) is 8.42 Å². The summed E-state index contributed by atoms with van der Waals surface area (Å²) in [7, 11) is 1.67. The predicted molar refractivity (Wildman–Crippen MR) is 68.1 cm³/mol. The summed E-state index contributed by atoms with van der Waals surface area (Å²) in [4.78, 5) is 0. The number of hydrogen-bond acceptors (Lipinski definition) is 3. The number of rotatable bonds is 6. The van der Waals surface area contributed by atoms with Gasteiger partial charge in [-0.15, -0.1) is 0 Å². The maximum absolute atomic E-state index is 10.6. The molecule has 0 spiro atoms. The van der Waals surface area contributed by atoms with Gasteiger partial charge < -0.3 is 4.74 Å². The van der Waals surface area contributed by atoms with Gasteiger partial charge in [-0.2, -0.15) is 0 Å². The van der Waals surface area contributed by atoms with E-state index in [1.165, 1.54) is 0 Å². The van der Waals surface area contributed by atoms with Crippen LogP contribution in [0.3, 0.4) is 0 Å². The van der Waals surface area contributed by atoms with Gasteiger partial charge in [0.05, 0.1) is 12.4 Å². The molecule has 0 aliphatic carbocycles. The van der Waals surface area contributed by atoms with Gasteiger partial charge in [-0.05, 0) is 24.1 Å². The third kappa shape index (κ3) is 6.48. The highest BCUT2D eigenvalue weighted by atomic mass is 79.9. The van der Waals surface area contributed by atoms with Crippen molar-refractivity contribution in [1.29, 1.82) is 0 Å². The zero-order valence-corrected chi connectivity index (χ0v) is 11.7. The van der Waals surface area contributed by atoms with Crippen molar-refractivity contribution < 1.29 is 13.2 Å². The normalized spacial score (nSPS) is 11.6. The van der Waals surface area contributed by atoms with Gasteiger partial charge in [-0.1, -0.05) is 28.1 Å². The molecule has 0 unspecified atom stereocenters. The van der Waals surface area contributed by atoms with Gasteiger partial charge in [0.1, 0.15) is 0 Å². The standard InChI is InChI=1S/C10H12BrClO3S/c11-10-4-2-9(3-5-10)8-15-6-1-7-16(12,13)14/h2-5H,1,6-8H2. The van der Waals surface area contributed by atoms with Crippen molar-refractivity contribution in [3.63, 3.8) is 0 Å². The molecule has 0 fully saturated rings. The van der Waals surface area contributed by atoms with Gasteiger partial charge in [0, 0.05) is 21.8 Å². The molecule has 1 aromatic carbocycles. The zero-order chi connectivity index (χ0) is 12.0. The highest BCUT2D eigenvalue weighted by molar-refractivity contribution is 9.10. The molecule has 16 heavy (non-hydrogen) atoms. The van der Waals surface area contributed by atoms with E-state index in [2.05, 4.69) is 15.9 Å². The molecule has 0 heterocycles. The third-order valence-corrected chi connectivity index (χ3v) is 3.63. The van der Waals surface area contributed by atoms with Crippen molar-refractivity contribution in [2.45, 2.75) is 13.0 Å². The molecular weight excluding hydrogens is 316 g/mol. The van der Waals surface area contributed by atoms with Crippen LogP contribution in [0.2, 0.25) is 0 Å². The molecule has 6 heteroatoms. The Kier molecular flexibility index (Phi) is 5.75. The average molecular weight is 328 g/mol. The molecular formula is C10H12BrClO3S. The van der Waals surface area contributed by atoms with E-state index in [4.69, 9.17) is 15.4 Å². The van der Waals surface area contributed by atoms with Crippen LogP contribution < -0.4 is 0 Å². The Labute approximate surface area is 108 Å². The maximum atomic E-state index is 10.6. The van der Waals surface area contributed by atoms with Gasteiger partial charge in [-0.3, -0.25) is 0 Å². The van der Waals surface area contributed by atoms with Crippen LogP contribution in [0.4, 0.5) is 0 Å². The fraction of sp³-hybridized carbons (Fsp3) is 0.400. The van der Waals surface area contributed by atoms with E-state index in [9.17, 15) is 8.42 Å². The first-order valence-corrected chi connectivity index (χ1v) is 7.99. The minimum atomic E-state index is -3.39. The number of hydrogen-bond donors (Lipinski definition) is 0. The lowest BCUT2D eigenvalue weighted by Crippen LogP contribution is -2.03. The summed E-state index contributed by atoms with van der Waals surface area (Å²) in [6, 6.07) is 7.76. The Morgan fingerprint density at radius 2 is 1.88 bits per heavy atom. The average Bonchev–Trinajstić information content (AvgIpc) is 2.19. The van der Waals surface area contributed by atoms with E-state index in [1.54, 1.807) is 0 Å². The van der Waals surface area contributed by atoms with E-state index in [1.807, 2.05) is 24.3 Å². The van der Waals surface area contributed by atoms with Gasteiger partial charge >= 0.3 is 0 Å². The maximum Gasteiger partial charge on any atom is 0.232 e. The smallest absolute Gasteiger partial charge is 0.232 e. The van der Waals surface area contributed by atoms with Crippen molar-refractivity contribution in [1.82, 2.24) is 0 Å². The lowest BCUT2D eigenvalue weighted by atomic mass is 10.2. The predicted octanol–water partition coefficient (Wildman–Crippen LogP) is 2.92. The van der Waals surface area contributed by atoms with E-state index in [-0.39, 0.29) is 5.75 Å². The van der Waals surface area contributed by atoms with Crippen LogP contribution >= 0.6 is 26.6 Å². The van der Waals surface area contributed by atoms with Gasteiger partial charge in [0.25, 0.3) is 0 Å². The van der Waals surface area contributed by atoms with Crippen molar-refractivity contribution >= 4 is 35.7 Å². The molecule has 1 rings (SSSR count). The van der Waals surface area contributed by atoms with Crippen LogP contribution in [-0.2, 0) is 20.4 Å². The Balaban J connectivity index is 2.19. The molecule has 0 bridgehead atoms. The molecule has 90 valence electrons. The summed E-state index contributed by atoms with van der Waals surface area (Å²) in [6.07, 6.45) is 0.419. The number of halogens is 2. The summed E-state index contributed by atoms with van der Waals surface area (Å²) in [5.74, 6) is -0.0467. The third-order valence-electron chi connectivity index (χ3n) is 1.86. The molecule has 0 aromatic heterocycles.